The Hall–Kier alpha value is -6.82. The summed E-state index contributed by atoms with van der Waals surface area (Å²) >= 11 is 11.5. The van der Waals surface area contributed by atoms with Crippen LogP contribution in [0.15, 0.2) is 123 Å². The monoisotopic (exact) mass is 832 g/mol. The molecule has 1 amide bonds. The van der Waals surface area contributed by atoms with Crippen LogP contribution in [0.25, 0.3) is 22.7 Å². The molecule has 8 aromatic rings. The zero-order valence-corrected chi connectivity index (χ0v) is 32.9. The number of nitrogens with one attached hydrogen (secondary N) is 1. The summed E-state index contributed by atoms with van der Waals surface area (Å²) in [6, 6.07) is 18.4. The van der Waals surface area contributed by atoms with Gasteiger partial charge in [0.2, 0.25) is 0 Å². The quantitative estimate of drug-likeness (QED) is 0.193. The van der Waals surface area contributed by atoms with Gasteiger partial charge in [0, 0.05) is 100 Å². The van der Waals surface area contributed by atoms with Gasteiger partial charge < -0.3 is 34.8 Å². The number of pyridine rings is 2. The van der Waals surface area contributed by atoms with Gasteiger partial charge in [0.15, 0.2) is 34.7 Å². The van der Waals surface area contributed by atoms with Gasteiger partial charge in [0.25, 0.3) is 5.91 Å². The Morgan fingerprint density at radius 3 is 1.71 bits per heavy atom. The Morgan fingerprint density at radius 1 is 0.661 bits per heavy atom. The molecule has 0 spiro atoms. The van der Waals surface area contributed by atoms with Crippen molar-refractivity contribution in [3.8, 4) is 11.6 Å². The number of nitrogens with two attached hydrogens (primary N) is 1. The molecule has 59 heavy (non-hydrogen) atoms. The van der Waals surface area contributed by atoms with E-state index in [2.05, 4.69) is 55.7 Å². The van der Waals surface area contributed by atoms with Gasteiger partial charge in [-0.15, -0.1) is 0 Å². The predicted octanol–water partition coefficient (Wildman–Crippen LogP) is 5.07. The molecular weight excluding hydrogens is 795 g/mol. The number of fused-ring (bicyclic) bond motifs is 2. The predicted molar refractivity (Wildman–Crippen MR) is 223 cm³/mol. The zero-order valence-electron chi connectivity index (χ0n) is 31.4. The van der Waals surface area contributed by atoms with Crippen LogP contribution in [0.4, 0.5) is 11.6 Å². The Kier molecular flexibility index (Phi) is 11.5. The lowest BCUT2D eigenvalue weighted by molar-refractivity contribution is 0.0689. The lowest BCUT2D eigenvalue weighted by atomic mass is 10.2. The van der Waals surface area contributed by atoms with Crippen LogP contribution < -0.4 is 20.9 Å². The molecule has 0 radical (unpaired) electrons. The molecule has 19 heteroatoms. The van der Waals surface area contributed by atoms with Crippen molar-refractivity contribution < 1.29 is 14.7 Å². The number of carbonyl (C=O) groups is 2. The van der Waals surface area contributed by atoms with Crippen molar-refractivity contribution in [1.29, 1.82) is 0 Å². The molecule has 2 fully saturated rings. The third-order valence-electron chi connectivity index (χ3n) is 9.73. The van der Waals surface area contributed by atoms with Crippen molar-refractivity contribution in [2.45, 2.75) is 24.9 Å². The van der Waals surface area contributed by atoms with E-state index in [1.165, 1.54) is 23.1 Å². The Balaban J connectivity index is 0.000000136. The van der Waals surface area contributed by atoms with Crippen molar-refractivity contribution >= 4 is 57.7 Å². The molecule has 0 unspecified atom stereocenters. The first-order chi connectivity index (χ1) is 28.7. The van der Waals surface area contributed by atoms with Gasteiger partial charge in [0.05, 0.1) is 21.1 Å². The first-order valence-electron chi connectivity index (χ1n) is 18.7. The fourth-order valence-electron chi connectivity index (χ4n) is 6.85. The van der Waals surface area contributed by atoms with Crippen molar-refractivity contribution in [1.82, 2.24) is 53.6 Å². The third kappa shape index (κ3) is 9.02. The maximum absolute atomic E-state index is 12.6. The summed E-state index contributed by atoms with van der Waals surface area (Å²) in [4.78, 5) is 44.9. The molecule has 10 rings (SSSR count). The standard InChI is InChI=1S/C20H18ClN7O.C11H14N4.C9H6ClN3O2/c21-14-3-4-18(23-12-14)28-10-6-16(25-28)20(29)24-15-5-9-27(13-15)19-17-2-1-8-26(17)11-7-22-19;12-9-3-6-15(8-9)11-10-2-1-5-14(10)7-4-13-11;10-6-1-2-8(11-5-6)13-4-3-7(12-13)9(14)15/h1-4,6-8,10-12,15H,5,9,13H2,(H,24,29);1-2,4-5,7,9H,3,6,8,12H2;1-5H,(H,14,15)/t15-;9-;/m00./s1. The average molecular weight is 834 g/mol. The molecular formula is C40H38Cl2N14O3. The number of carboxylic acids is 1. The van der Waals surface area contributed by atoms with Gasteiger partial charge in [-0.25, -0.2) is 34.1 Å². The molecule has 0 bridgehead atoms. The van der Waals surface area contributed by atoms with Crippen molar-refractivity contribution in [2.75, 3.05) is 36.0 Å². The summed E-state index contributed by atoms with van der Waals surface area (Å²) < 4.78 is 7.07. The number of nitrogens with zero attached hydrogens (tertiary/aromatic N) is 12. The van der Waals surface area contributed by atoms with E-state index in [9.17, 15) is 9.59 Å². The highest BCUT2D eigenvalue weighted by Gasteiger charge is 2.27. The van der Waals surface area contributed by atoms with E-state index in [-0.39, 0.29) is 17.6 Å². The van der Waals surface area contributed by atoms with Crippen molar-refractivity contribution in [3.05, 3.63) is 144 Å². The Morgan fingerprint density at radius 2 is 1.20 bits per heavy atom. The SMILES string of the molecule is N[C@H]1CCN(c2nccn3cccc23)C1.O=C(N[C@H]1CCN(c2nccn3cccc23)C1)c1ccn(-c2ccc(Cl)cn2)n1.O=C(O)c1ccn(-c2ccc(Cl)cn2)n1. The summed E-state index contributed by atoms with van der Waals surface area (Å²) in [6.45, 7) is 3.48. The van der Waals surface area contributed by atoms with Gasteiger partial charge in [0.1, 0.15) is 0 Å². The second kappa shape index (κ2) is 17.4. The number of carbonyl (C=O) groups excluding carboxylic acids is 1. The van der Waals surface area contributed by atoms with Crippen LogP contribution in [0, 0.1) is 0 Å². The lowest BCUT2D eigenvalue weighted by Crippen LogP contribution is -2.37. The topological polar surface area (TPSA) is 195 Å². The Bertz CT molecular complexity index is 2690. The second-order valence-corrected chi connectivity index (χ2v) is 14.6. The lowest BCUT2D eigenvalue weighted by Gasteiger charge is -2.18. The minimum atomic E-state index is -1.07. The Labute approximate surface area is 347 Å². The maximum Gasteiger partial charge on any atom is 0.356 e. The summed E-state index contributed by atoms with van der Waals surface area (Å²) in [5.41, 5.74) is 8.46. The molecule has 300 valence electrons. The number of hydrogen-bond donors (Lipinski definition) is 3. The average Bonchev–Trinajstić information content (AvgIpc) is 4.10. The van der Waals surface area contributed by atoms with Gasteiger partial charge in [-0.3, -0.25) is 4.79 Å². The molecule has 0 aliphatic carbocycles. The van der Waals surface area contributed by atoms with Crippen LogP contribution in [0.5, 0.6) is 0 Å². The number of aromatic nitrogens is 10. The number of anilines is 2. The highest BCUT2D eigenvalue weighted by Crippen LogP contribution is 2.24. The van der Waals surface area contributed by atoms with Crippen LogP contribution in [0.2, 0.25) is 10.0 Å². The van der Waals surface area contributed by atoms with Crippen molar-refractivity contribution in [2.24, 2.45) is 5.73 Å². The number of hydrogen-bond acceptors (Lipinski definition) is 11. The number of aromatic carboxylic acids is 1. The number of carboxylic acid groups (broad SMARTS) is 1. The summed E-state index contributed by atoms with van der Waals surface area (Å²) in [6.07, 6.45) is 19.7. The highest BCUT2D eigenvalue weighted by molar-refractivity contribution is 6.30. The van der Waals surface area contributed by atoms with Gasteiger partial charge >= 0.3 is 5.97 Å². The molecule has 2 aliphatic rings. The fourth-order valence-corrected chi connectivity index (χ4v) is 7.08. The van der Waals surface area contributed by atoms with Gasteiger partial charge in [-0.2, -0.15) is 10.2 Å². The largest absolute Gasteiger partial charge is 0.476 e. The third-order valence-corrected chi connectivity index (χ3v) is 10.2. The molecule has 8 aromatic heterocycles. The molecule has 10 heterocycles. The molecule has 17 nitrogen and oxygen atoms in total. The van der Waals surface area contributed by atoms with Crippen LogP contribution in [-0.2, 0) is 0 Å². The first-order valence-corrected chi connectivity index (χ1v) is 19.4. The molecule has 0 aromatic carbocycles. The molecule has 0 saturated carbocycles. The number of rotatable bonds is 7. The van der Waals surface area contributed by atoms with Crippen LogP contribution >= 0.6 is 23.2 Å². The van der Waals surface area contributed by atoms with Gasteiger partial charge in [-0.05, 0) is 73.5 Å². The van der Waals surface area contributed by atoms with Crippen LogP contribution in [0.1, 0.15) is 33.8 Å². The zero-order chi connectivity index (χ0) is 40.9. The molecule has 2 saturated heterocycles. The molecule has 2 atom stereocenters. The fraction of sp³-hybridized carbons (Fsp3) is 0.200. The highest BCUT2D eigenvalue weighted by atomic mass is 35.5. The van der Waals surface area contributed by atoms with Crippen LogP contribution in [-0.4, -0.2) is 104 Å². The summed E-state index contributed by atoms with van der Waals surface area (Å²) in [5.74, 6) is 1.85. The number of halogens is 2. The second-order valence-electron chi connectivity index (χ2n) is 13.8. The summed E-state index contributed by atoms with van der Waals surface area (Å²) in [7, 11) is 0. The minimum Gasteiger partial charge on any atom is -0.476 e. The summed E-state index contributed by atoms with van der Waals surface area (Å²) in [5, 5.41) is 21.0. The molecule has 2 aliphatic heterocycles. The van der Waals surface area contributed by atoms with Crippen LogP contribution in [0.3, 0.4) is 0 Å². The van der Waals surface area contributed by atoms with E-state index in [0.29, 0.717) is 40.0 Å². The van der Waals surface area contributed by atoms with E-state index < -0.39 is 5.97 Å². The van der Waals surface area contributed by atoms with E-state index in [1.807, 2.05) is 53.6 Å². The molecule has 4 N–H and O–H groups in total. The van der Waals surface area contributed by atoms with E-state index in [0.717, 1.165) is 55.1 Å². The van der Waals surface area contributed by atoms with E-state index in [1.54, 1.807) is 53.6 Å². The first kappa shape index (κ1) is 39.0. The van der Waals surface area contributed by atoms with E-state index in [4.69, 9.17) is 34.0 Å². The smallest absolute Gasteiger partial charge is 0.356 e. The normalized spacial score (nSPS) is 16.1. The van der Waals surface area contributed by atoms with Gasteiger partial charge in [-0.1, -0.05) is 23.2 Å². The van der Waals surface area contributed by atoms with Crippen molar-refractivity contribution in [3.63, 3.8) is 0 Å². The maximum atomic E-state index is 12.6. The van der Waals surface area contributed by atoms with E-state index >= 15 is 0 Å². The minimum absolute atomic E-state index is 0.0215. The number of amides is 1.